The molecule has 0 bridgehead atoms. The van der Waals surface area contributed by atoms with Crippen molar-refractivity contribution in [2.24, 2.45) is 22.7 Å². The standard InChI is InChI=1S/C18H32O/c1-8-19-16-10-14-15(9-12(16)2)18(6,7)13(3)11-17(14,4)5/h12-13,16H,8-11H2,1-7H3. The summed E-state index contributed by atoms with van der Waals surface area (Å²) in [4.78, 5) is 0. The van der Waals surface area contributed by atoms with Crippen molar-refractivity contribution in [1.29, 1.82) is 0 Å². The predicted molar refractivity (Wildman–Crippen MR) is 82.2 cm³/mol. The zero-order chi connectivity index (χ0) is 14.4. The van der Waals surface area contributed by atoms with Crippen LogP contribution in [0.1, 0.15) is 67.7 Å². The van der Waals surface area contributed by atoms with E-state index in [1.54, 1.807) is 11.1 Å². The van der Waals surface area contributed by atoms with Gasteiger partial charge in [-0.25, -0.2) is 0 Å². The molecule has 2 aliphatic carbocycles. The van der Waals surface area contributed by atoms with Crippen molar-refractivity contribution < 1.29 is 4.74 Å². The Kier molecular flexibility index (Phi) is 3.90. The minimum Gasteiger partial charge on any atom is -0.378 e. The van der Waals surface area contributed by atoms with Crippen molar-refractivity contribution >= 4 is 0 Å². The van der Waals surface area contributed by atoms with Crippen molar-refractivity contribution in [3.8, 4) is 0 Å². The lowest BCUT2D eigenvalue weighted by Gasteiger charge is -2.52. The first-order chi connectivity index (χ1) is 8.70. The summed E-state index contributed by atoms with van der Waals surface area (Å²) in [7, 11) is 0. The normalized spacial score (nSPS) is 37.1. The molecule has 110 valence electrons. The number of rotatable bonds is 2. The van der Waals surface area contributed by atoms with Crippen LogP contribution in [0.15, 0.2) is 11.1 Å². The van der Waals surface area contributed by atoms with E-state index in [9.17, 15) is 0 Å². The highest BCUT2D eigenvalue weighted by molar-refractivity contribution is 5.33. The van der Waals surface area contributed by atoms with Gasteiger partial charge in [0.2, 0.25) is 0 Å². The average Bonchev–Trinajstić information content (AvgIpc) is 2.29. The van der Waals surface area contributed by atoms with E-state index in [1.165, 1.54) is 12.8 Å². The van der Waals surface area contributed by atoms with Crippen LogP contribution in [-0.2, 0) is 4.74 Å². The van der Waals surface area contributed by atoms with Crippen LogP contribution in [0.2, 0.25) is 0 Å². The molecule has 0 radical (unpaired) electrons. The van der Waals surface area contributed by atoms with E-state index in [0.29, 0.717) is 22.9 Å². The summed E-state index contributed by atoms with van der Waals surface area (Å²) in [6.07, 6.45) is 4.15. The van der Waals surface area contributed by atoms with Gasteiger partial charge in [0.25, 0.3) is 0 Å². The molecule has 0 N–H and O–H groups in total. The smallest absolute Gasteiger partial charge is 0.0640 e. The second-order valence-corrected chi connectivity index (χ2v) is 8.05. The Morgan fingerprint density at radius 1 is 1.05 bits per heavy atom. The molecule has 0 aliphatic heterocycles. The Bertz CT molecular complexity index is 375. The molecule has 0 amide bonds. The molecule has 2 rings (SSSR count). The van der Waals surface area contributed by atoms with Gasteiger partial charge < -0.3 is 4.74 Å². The quantitative estimate of drug-likeness (QED) is 0.622. The SMILES string of the molecule is CCOC1CC2=C(CC1C)C(C)(C)C(C)CC2(C)C. The highest BCUT2D eigenvalue weighted by Crippen LogP contribution is 2.57. The fourth-order valence-corrected chi connectivity index (χ4v) is 4.32. The molecule has 0 aromatic heterocycles. The van der Waals surface area contributed by atoms with Gasteiger partial charge >= 0.3 is 0 Å². The molecule has 0 saturated carbocycles. The minimum atomic E-state index is 0.361. The summed E-state index contributed by atoms with van der Waals surface area (Å²) in [6.45, 7) is 17.6. The molecule has 3 unspecified atom stereocenters. The van der Waals surface area contributed by atoms with Crippen LogP contribution < -0.4 is 0 Å². The largest absolute Gasteiger partial charge is 0.378 e. The van der Waals surface area contributed by atoms with Gasteiger partial charge in [0.05, 0.1) is 6.10 Å². The highest BCUT2D eigenvalue weighted by atomic mass is 16.5. The summed E-state index contributed by atoms with van der Waals surface area (Å²) in [5.41, 5.74) is 4.20. The highest BCUT2D eigenvalue weighted by Gasteiger charge is 2.46. The van der Waals surface area contributed by atoms with Crippen LogP contribution in [0.3, 0.4) is 0 Å². The molecule has 1 nitrogen and oxygen atoms in total. The summed E-state index contributed by atoms with van der Waals surface area (Å²) in [5.74, 6) is 1.44. The number of allylic oxidation sites excluding steroid dienone is 1. The molecule has 0 heterocycles. The Balaban J connectivity index is 2.41. The third-order valence-electron chi connectivity index (χ3n) is 5.95. The third-order valence-corrected chi connectivity index (χ3v) is 5.95. The van der Waals surface area contributed by atoms with Crippen molar-refractivity contribution in [3.63, 3.8) is 0 Å². The Labute approximate surface area is 119 Å². The first-order valence-corrected chi connectivity index (χ1v) is 8.04. The second kappa shape index (κ2) is 4.91. The number of hydrogen-bond acceptors (Lipinski definition) is 1. The molecule has 0 spiro atoms. The molecule has 3 atom stereocenters. The fourth-order valence-electron chi connectivity index (χ4n) is 4.32. The zero-order valence-electron chi connectivity index (χ0n) is 14.0. The van der Waals surface area contributed by atoms with Crippen LogP contribution in [0.25, 0.3) is 0 Å². The Morgan fingerprint density at radius 2 is 1.68 bits per heavy atom. The topological polar surface area (TPSA) is 9.23 Å². The molecule has 19 heavy (non-hydrogen) atoms. The van der Waals surface area contributed by atoms with Gasteiger partial charge in [0.15, 0.2) is 0 Å². The molecule has 0 aromatic carbocycles. The first kappa shape index (κ1) is 15.1. The van der Waals surface area contributed by atoms with Crippen LogP contribution in [0, 0.1) is 22.7 Å². The van der Waals surface area contributed by atoms with Crippen molar-refractivity contribution in [3.05, 3.63) is 11.1 Å². The zero-order valence-corrected chi connectivity index (χ0v) is 14.0. The van der Waals surface area contributed by atoms with Crippen LogP contribution in [-0.4, -0.2) is 12.7 Å². The van der Waals surface area contributed by atoms with Gasteiger partial charge in [-0.05, 0) is 48.9 Å². The number of ether oxygens (including phenoxy) is 1. The summed E-state index contributed by atoms with van der Waals surface area (Å²) >= 11 is 0. The minimum absolute atomic E-state index is 0.361. The van der Waals surface area contributed by atoms with E-state index in [-0.39, 0.29) is 0 Å². The maximum Gasteiger partial charge on any atom is 0.0640 e. The molecular weight excluding hydrogens is 232 g/mol. The predicted octanol–water partition coefficient (Wildman–Crippen LogP) is 5.21. The van der Waals surface area contributed by atoms with Crippen LogP contribution >= 0.6 is 0 Å². The Morgan fingerprint density at radius 3 is 2.26 bits per heavy atom. The molecule has 1 heteroatoms. The third kappa shape index (κ3) is 2.51. The van der Waals surface area contributed by atoms with Crippen LogP contribution in [0.5, 0.6) is 0 Å². The molecular formula is C18H32O. The van der Waals surface area contributed by atoms with E-state index >= 15 is 0 Å². The van der Waals surface area contributed by atoms with Gasteiger partial charge in [-0.15, -0.1) is 0 Å². The average molecular weight is 264 g/mol. The van der Waals surface area contributed by atoms with E-state index in [0.717, 1.165) is 18.9 Å². The van der Waals surface area contributed by atoms with E-state index in [1.807, 2.05) is 0 Å². The van der Waals surface area contributed by atoms with E-state index in [2.05, 4.69) is 48.5 Å². The summed E-state index contributed by atoms with van der Waals surface area (Å²) < 4.78 is 6.00. The lowest BCUT2D eigenvalue weighted by Crippen LogP contribution is -2.43. The summed E-state index contributed by atoms with van der Waals surface area (Å²) in [5, 5.41) is 0. The van der Waals surface area contributed by atoms with Crippen molar-refractivity contribution in [2.75, 3.05) is 6.61 Å². The second-order valence-electron chi connectivity index (χ2n) is 8.05. The van der Waals surface area contributed by atoms with Gasteiger partial charge in [0.1, 0.15) is 0 Å². The lowest BCUT2D eigenvalue weighted by atomic mass is 9.54. The maximum absolute atomic E-state index is 6.00. The fraction of sp³-hybridized carbons (Fsp3) is 0.889. The van der Waals surface area contributed by atoms with Gasteiger partial charge in [-0.3, -0.25) is 0 Å². The lowest BCUT2D eigenvalue weighted by molar-refractivity contribution is 0.00543. The Hall–Kier alpha value is -0.300. The monoisotopic (exact) mass is 264 g/mol. The number of hydrogen-bond donors (Lipinski definition) is 0. The molecule has 0 saturated heterocycles. The van der Waals surface area contributed by atoms with Crippen molar-refractivity contribution in [2.45, 2.75) is 73.8 Å². The molecule has 2 aliphatic rings. The van der Waals surface area contributed by atoms with Gasteiger partial charge in [0, 0.05) is 6.61 Å². The molecule has 0 fully saturated rings. The van der Waals surface area contributed by atoms with E-state index in [4.69, 9.17) is 4.74 Å². The van der Waals surface area contributed by atoms with Gasteiger partial charge in [-0.2, -0.15) is 0 Å². The maximum atomic E-state index is 6.00. The van der Waals surface area contributed by atoms with E-state index < -0.39 is 0 Å². The van der Waals surface area contributed by atoms with Crippen LogP contribution in [0.4, 0.5) is 0 Å². The first-order valence-electron chi connectivity index (χ1n) is 8.04. The van der Waals surface area contributed by atoms with Gasteiger partial charge in [-0.1, -0.05) is 52.7 Å². The van der Waals surface area contributed by atoms with Crippen molar-refractivity contribution in [1.82, 2.24) is 0 Å². The summed E-state index contributed by atoms with van der Waals surface area (Å²) in [6, 6.07) is 0. The molecule has 0 aromatic rings.